The molecule has 3 rings (SSSR count). The first-order valence-corrected chi connectivity index (χ1v) is 6.34. The van der Waals surface area contributed by atoms with E-state index in [0.29, 0.717) is 12.3 Å². The Kier molecular flexibility index (Phi) is 3.05. The minimum Gasteiger partial charge on any atom is -0.441 e. The van der Waals surface area contributed by atoms with Crippen LogP contribution in [0.25, 0.3) is 22.2 Å². The normalized spacial score (nSPS) is 11.1. The number of nitrogens with zero attached hydrogens (tertiary/aromatic N) is 1. The molecule has 19 heavy (non-hydrogen) atoms. The van der Waals surface area contributed by atoms with E-state index >= 15 is 0 Å². The summed E-state index contributed by atoms with van der Waals surface area (Å²) in [7, 11) is 0. The Morgan fingerprint density at radius 2 is 1.89 bits per heavy atom. The van der Waals surface area contributed by atoms with Gasteiger partial charge in [0.15, 0.2) is 0 Å². The molecule has 3 aromatic rings. The summed E-state index contributed by atoms with van der Waals surface area (Å²) in [4.78, 5) is 4.45. The average Bonchev–Trinajstić information content (AvgIpc) is 2.80. The highest BCUT2D eigenvalue weighted by Crippen LogP contribution is 2.25. The van der Waals surface area contributed by atoms with Gasteiger partial charge in [-0.3, -0.25) is 0 Å². The van der Waals surface area contributed by atoms with Gasteiger partial charge in [-0.25, -0.2) is 4.98 Å². The predicted molar refractivity (Wildman–Crippen MR) is 75.0 cm³/mol. The van der Waals surface area contributed by atoms with E-state index in [0.717, 1.165) is 17.0 Å². The molecule has 1 N–H and O–H groups in total. The third kappa shape index (κ3) is 2.25. The molecule has 0 atom stereocenters. The number of aliphatic hydroxyl groups excluding tert-OH is 1. The molecule has 96 valence electrons. The Morgan fingerprint density at radius 1 is 1.11 bits per heavy atom. The number of rotatable bonds is 3. The highest BCUT2D eigenvalue weighted by molar-refractivity contribution is 5.86. The summed E-state index contributed by atoms with van der Waals surface area (Å²) in [6, 6.07) is 14.3. The lowest BCUT2D eigenvalue weighted by molar-refractivity contribution is 0.297. The van der Waals surface area contributed by atoms with Crippen LogP contribution in [0.2, 0.25) is 0 Å². The Morgan fingerprint density at radius 3 is 2.68 bits per heavy atom. The molecule has 1 heterocycles. The Labute approximate surface area is 111 Å². The Bertz CT molecular complexity index is 716. The van der Waals surface area contributed by atoms with E-state index in [4.69, 9.17) is 9.52 Å². The first kappa shape index (κ1) is 11.9. The van der Waals surface area contributed by atoms with Gasteiger partial charge >= 0.3 is 0 Å². The van der Waals surface area contributed by atoms with Crippen LogP contribution in [0.15, 0.2) is 46.9 Å². The first-order chi connectivity index (χ1) is 9.28. The van der Waals surface area contributed by atoms with Gasteiger partial charge in [-0.1, -0.05) is 30.3 Å². The molecule has 2 aromatic carbocycles. The molecule has 0 saturated heterocycles. The van der Waals surface area contributed by atoms with Crippen LogP contribution in [-0.4, -0.2) is 16.7 Å². The molecular formula is C16H15NO2. The zero-order valence-corrected chi connectivity index (χ0v) is 10.8. The van der Waals surface area contributed by atoms with Gasteiger partial charge in [0.25, 0.3) is 0 Å². The summed E-state index contributed by atoms with van der Waals surface area (Å²) in [5.74, 6) is 1.39. The lowest BCUT2D eigenvalue weighted by Crippen LogP contribution is -1.92. The number of aliphatic hydroxyl groups is 1. The van der Waals surface area contributed by atoms with E-state index in [-0.39, 0.29) is 6.61 Å². The summed E-state index contributed by atoms with van der Waals surface area (Å²) < 4.78 is 5.68. The molecule has 0 spiro atoms. The monoisotopic (exact) mass is 253 g/mol. The third-order valence-corrected chi connectivity index (χ3v) is 3.24. The van der Waals surface area contributed by atoms with Gasteiger partial charge in [-0.05, 0) is 29.8 Å². The van der Waals surface area contributed by atoms with Crippen LogP contribution in [0.1, 0.15) is 11.5 Å². The molecule has 0 amide bonds. The van der Waals surface area contributed by atoms with Gasteiger partial charge in [-0.2, -0.15) is 0 Å². The van der Waals surface area contributed by atoms with Crippen molar-refractivity contribution in [3.05, 3.63) is 53.9 Å². The summed E-state index contributed by atoms with van der Waals surface area (Å²) in [5.41, 5.74) is 1.79. The SMILES string of the molecule is Cc1oc(-c2ccc3ccccc3c2)nc1CCO. The maximum Gasteiger partial charge on any atom is 0.226 e. The molecule has 1 aromatic heterocycles. The van der Waals surface area contributed by atoms with Crippen LogP contribution >= 0.6 is 0 Å². The van der Waals surface area contributed by atoms with Crippen molar-refractivity contribution >= 4 is 10.8 Å². The van der Waals surface area contributed by atoms with Crippen molar-refractivity contribution in [2.24, 2.45) is 0 Å². The molecular weight excluding hydrogens is 238 g/mol. The molecule has 0 aliphatic heterocycles. The van der Waals surface area contributed by atoms with E-state index < -0.39 is 0 Å². The van der Waals surface area contributed by atoms with Crippen LogP contribution < -0.4 is 0 Å². The maximum absolute atomic E-state index is 8.98. The fourth-order valence-corrected chi connectivity index (χ4v) is 2.21. The predicted octanol–water partition coefficient (Wildman–Crippen LogP) is 3.34. The standard InChI is InChI=1S/C16H15NO2/c1-11-15(8-9-18)17-16(19-11)14-7-6-12-4-2-3-5-13(12)10-14/h2-7,10,18H,8-9H2,1H3. The molecule has 0 fully saturated rings. The highest BCUT2D eigenvalue weighted by atomic mass is 16.4. The van der Waals surface area contributed by atoms with Crippen molar-refractivity contribution < 1.29 is 9.52 Å². The van der Waals surface area contributed by atoms with Gasteiger partial charge in [-0.15, -0.1) is 0 Å². The number of hydrogen-bond donors (Lipinski definition) is 1. The molecule has 3 heteroatoms. The molecule has 3 nitrogen and oxygen atoms in total. The van der Waals surface area contributed by atoms with E-state index in [1.54, 1.807) is 0 Å². The average molecular weight is 253 g/mol. The molecule has 0 aliphatic carbocycles. The number of hydrogen-bond acceptors (Lipinski definition) is 3. The fraction of sp³-hybridized carbons (Fsp3) is 0.188. The van der Waals surface area contributed by atoms with E-state index in [1.807, 2.05) is 25.1 Å². The molecule has 0 aliphatic rings. The summed E-state index contributed by atoms with van der Waals surface area (Å²) >= 11 is 0. The van der Waals surface area contributed by atoms with Crippen molar-refractivity contribution in [2.75, 3.05) is 6.61 Å². The summed E-state index contributed by atoms with van der Waals surface area (Å²) in [6.07, 6.45) is 0.531. The number of aromatic nitrogens is 1. The number of benzene rings is 2. The second-order valence-electron chi connectivity index (χ2n) is 4.56. The Balaban J connectivity index is 2.06. The van der Waals surface area contributed by atoms with Crippen LogP contribution in [0.4, 0.5) is 0 Å². The van der Waals surface area contributed by atoms with Crippen molar-refractivity contribution in [2.45, 2.75) is 13.3 Å². The zero-order chi connectivity index (χ0) is 13.2. The summed E-state index contributed by atoms with van der Waals surface area (Å²) in [5, 5.41) is 11.3. The molecule has 0 radical (unpaired) electrons. The smallest absolute Gasteiger partial charge is 0.226 e. The van der Waals surface area contributed by atoms with Gasteiger partial charge < -0.3 is 9.52 Å². The van der Waals surface area contributed by atoms with E-state index in [2.05, 4.69) is 29.2 Å². The van der Waals surface area contributed by atoms with Crippen molar-refractivity contribution in [1.29, 1.82) is 0 Å². The zero-order valence-electron chi connectivity index (χ0n) is 10.8. The van der Waals surface area contributed by atoms with Crippen molar-refractivity contribution in [1.82, 2.24) is 4.98 Å². The maximum atomic E-state index is 8.98. The third-order valence-electron chi connectivity index (χ3n) is 3.24. The van der Waals surface area contributed by atoms with Gasteiger partial charge in [0.05, 0.1) is 5.69 Å². The second-order valence-corrected chi connectivity index (χ2v) is 4.56. The molecule has 0 unspecified atom stereocenters. The van der Waals surface area contributed by atoms with Crippen LogP contribution in [0, 0.1) is 6.92 Å². The lowest BCUT2D eigenvalue weighted by Gasteiger charge is -1.99. The van der Waals surface area contributed by atoms with Crippen molar-refractivity contribution in [3.63, 3.8) is 0 Å². The van der Waals surface area contributed by atoms with E-state index in [9.17, 15) is 0 Å². The van der Waals surface area contributed by atoms with Gasteiger partial charge in [0, 0.05) is 18.6 Å². The van der Waals surface area contributed by atoms with Crippen LogP contribution in [0.5, 0.6) is 0 Å². The van der Waals surface area contributed by atoms with Crippen molar-refractivity contribution in [3.8, 4) is 11.5 Å². The second kappa shape index (κ2) is 4.86. The quantitative estimate of drug-likeness (QED) is 0.778. The first-order valence-electron chi connectivity index (χ1n) is 6.34. The van der Waals surface area contributed by atoms with Crippen LogP contribution in [-0.2, 0) is 6.42 Å². The van der Waals surface area contributed by atoms with Crippen LogP contribution in [0.3, 0.4) is 0 Å². The topological polar surface area (TPSA) is 46.3 Å². The number of aryl methyl sites for hydroxylation is 1. The van der Waals surface area contributed by atoms with Gasteiger partial charge in [0.1, 0.15) is 5.76 Å². The lowest BCUT2D eigenvalue weighted by atomic mass is 10.1. The van der Waals surface area contributed by atoms with E-state index in [1.165, 1.54) is 10.8 Å². The minimum absolute atomic E-state index is 0.0878. The highest BCUT2D eigenvalue weighted by Gasteiger charge is 2.11. The minimum atomic E-state index is 0.0878. The fourth-order valence-electron chi connectivity index (χ4n) is 2.21. The number of fused-ring (bicyclic) bond motifs is 1. The Hall–Kier alpha value is -2.13. The molecule has 0 saturated carbocycles. The largest absolute Gasteiger partial charge is 0.441 e. The van der Waals surface area contributed by atoms with Gasteiger partial charge in [0.2, 0.25) is 5.89 Å². The molecule has 0 bridgehead atoms. The number of oxazole rings is 1. The summed E-state index contributed by atoms with van der Waals surface area (Å²) in [6.45, 7) is 1.97.